The molecule has 1 N–H and O–H groups in total. The normalized spacial score (nSPS) is 16.1. The van der Waals surface area contributed by atoms with E-state index in [1.807, 2.05) is 5.38 Å². The Morgan fingerprint density at radius 3 is 2.68 bits per heavy atom. The van der Waals surface area contributed by atoms with E-state index in [9.17, 15) is 8.42 Å². The maximum Gasteiger partial charge on any atom is 0.263 e. The van der Waals surface area contributed by atoms with Crippen molar-refractivity contribution in [3.63, 3.8) is 0 Å². The molecule has 5 nitrogen and oxygen atoms in total. The molecule has 25 heavy (non-hydrogen) atoms. The topological polar surface area (TPSA) is 58.6 Å². The van der Waals surface area contributed by atoms with Gasteiger partial charge < -0.3 is 4.74 Å². The Labute approximate surface area is 161 Å². The molecule has 0 unspecified atom stereocenters. The highest BCUT2D eigenvalue weighted by Gasteiger charge is 2.20. The number of benzene rings is 1. The van der Waals surface area contributed by atoms with Crippen molar-refractivity contribution in [2.75, 3.05) is 37.6 Å². The lowest BCUT2D eigenvalue weighted by atomic mass is 10.3. The van der Waals surface area contributed by atoms with Crippen LogP contribution in [-0.4, -0.2) is 46.2 Å². The third-order valence-corrected chi connectivity index (χ3v) is 7.00. The molecule has 1 aliphatic rings. The molecule has 0 spiro atoms. The molecule has 0 bridgehead atoms. The van der Waals surface area contributed by atoms with Gasteiger partial charge in [-0.25, -0.2) is 8.42 Å². The van der Waals surface area contributed by atoms with Gasteiger partial charge in [-0.15, -0.1) is 11.3 Å². The van der Waals surface area contributed by atoms with Crippen LogP contribution >= 0.6 is 34.5 Å². The third kappa shape index (κ3) is 4.87. The zero-order valence-electron chi connectivity index (χ0n) is 13.4. The maximum absolute atomic E-state index is 12.6. The molecule has 2 aromatic rings. The van der Waals surface area contributed by atoms with E-state index in [4.69, 9.17) is 27.9 Å². The number of sulfonamides is 1. The largest absolute Gasteiger partial charge is 0.379 e. The van der Waals surface area contributed by atoms with Crippen LogP contribution < -0.4 is 4.72 Å². The Balaban J connectivity index is 1.71. The second-order valence-electron chi connectivity index (χ2n) is 5.64. The lowest BCUT2D eigenvalue weighted by molar-refractivity contribution is 0.0385. The zero-order valence-corrected chi connectivity index (χ0v) is 16.5. The minimum Gasteiger partial charge on any atom is -0.379 e. The zero-order chi connectivity index (χ0) is 17.9. The first-order valence-corrected chi connectivity index (χ1v) is 10.9. The molecule has 1 fully saturated rings. The maximum atomic E-state index is 12.6. The molecule has 1 saturated heterocycles. The van der Waals surface area contributed by atoms with Crippen molar-refractivity contribution in [1.82, 2.24) is 4.90 Å². The van der Waals surface area contributed by atoms with Crippen LogP contribution in [0.5, 0.6) is 0 Å². The summed E-state index contributed by atoms with van der Waals surface area (Å²) in [5, 5.41) is 2.38. The fraction of sp³-hybridized carbons (Fsp3) is 0.375. The minimum atomic E-state index is -3.76. The predicted octanol–water partition coefficient (Wildman–Crippen LogP) is 3.73. The van der Waals surface area contributed by atoms with Gasteiger partial charge in [0, 0.05) is 29.5 Å². The molecule has 136 valence electrons. The summed E-state index contributed by atoms with van der Waals surface area (Å²) in [5.41, 5.74) is 0.601. The molecule has 0 saturated carbocycles. The van der Waals surface area contributed by atoms with Gasteiger partial charge in [-0.05, 0) is 36.1 Å². The Morgan fingerprint density at radius 1 is 1.20 bits per heavy atom. The number of hydrogen-bond acceptors (Lipinski definition) is 5. The lowest BCUT2D eigenvalue weighted by Crippen LogP contribution is -2.37. The molecule has 1 aromatic heterocycles. The van der Waals surface area contributed by atoms with Gasteiger partial charge >= 0.3 is 0 Å². The quantitative estimate of drug-likeness (QED) is 0.772. The average Bonchev–Trinajstić information content (AvgIpc) is 3.00. The van der Waals surface area contributed by atoms with Gasteiger partial charge in [-0.2, -0.15) is 0 Å². The number of morpholine rings is 1. The summed E-state index contributed by atoms with van der Waals surface area (Å²) in [6, 6.07) is 6.12. The van der Waals surface area contributed by atoms with Gasteiger partial charge in [0.1, 0.15) is 4.90 Å². The van der Waals surface area contributed by atoms with Crippen molar-refractivity contribution in [2.24, 2.45) is 0 Å². The number of nitrogens with one attached hydrogen (secondary N) is 1. The summed E-state index contributed by atoms with van der Waals surface area (Å²) in [5.74, 6) is 0. The molecular weight excluding hydrogens is 403 g/mol. The SMILES string of the molecule is O=S(=O)(Nc1ccsc1CCN1CCOCC1)c1ccc(Cl)cc1Cl. The smallest absolute Gasteiger partial charge is 0.263 e. The van der Waals surface area contributed by atoms with E-state index in [0.29, 0.717) is 10.7 Å². The van der Waals surface area contributed by atoms with Crippen molar-refractivity contribution >= 4 is 50.2 Å². The molecule has 3 rings (SSSR count). The molecule has 1 aliphatic heterocycles. The van der Waals surface area contributed by atoms with E-state index in [0.717, 1.165) is 44.1 Å². The molecule has 2 heterocycles. The third-order valence-electron chi connectivity index (χ3n) is 3.93. The van der Waals surface area contributed by atoms with Crippen molar-refractivity contribution in [1.29, 1.82) is 0 Å². The Hall–Kier alpha value is -0.830. The van der Waals surface area contributed by atoms with E-state index in [-0.39, 0.29) is 9.92 Å². The monoisotopic (exact) mass is 420 g/mol. The van der Waals surface area contributed by atoms with Crippen LogP contribution in [0.1, 0.15) is 4.88 Å². The van der Waals surface area contributed by atoms with Crippen LogP contribution in [0.4, 0.5) is 5.69 Å². The predicted molar refractivity (Wildman–Crippen MR) is 103 cm³/mol. The van der Waals surface area contributed by atoms with Crippen LogP contribution in [0.15, 0.2) is 34.5 Å². The summed E-state index contributed by atoms with van der Waals surface area (Å²) in [4.78, 5) is 3.33. The summed E-state index contributed by atoms with van der Waals surface area (Å²) in [6.07, 6.45) is 0.782. The highest BCUT2D eigenvalue weighted by atomic mass is 35.5. The van der Waals surface area contributed by atoms with Crippen LogP contribution in [0.2, 0.25) is 10.0 Å². The second kappa shape index (κ2) is 8.24. The number of rotatable bonds is 6. The summed E-state index contributed by atoms with van der Waals surface area (Å²) in [6.45, 7) is 4.19. The summed E-state index contributed by atoms with van der Waals surface area (Å²) in [7, 11) is -3.76. The number of halogens is 2. The van der Waals surface area contributed by atoms with Crippen molar-refractivity contribution < 1.29 is 13.2 Å². The summed E-state index contributed by atoms with van der Waals surface area (Å²) < 4.78 is 33.2. The molecule has 1 aromatic carbocycles. The second-order valence-corrected chi connectivity index (χ2v) is 9.14. The fourth-order valence-corrected chi connectivity index (χ4v) is 5.36. The van der Waals surface area contributed by atoms with E-state index in [2.05, 4.69) is 9.62 Å². The average molecular weight is 421 g/mol. The fourth-order valence-electron chi connectivity index (χ4n) is 2.60. The molecule has 0 amide bonds. The number of anilines is 1. The summed E-state index contributed by atoms with van der Waals surface area (Å²) >= 11 is 13.4. The number of nitrogens with zero attached hydrogens (tertiary/aromatic N) is 1. The lowest BCUT2D eigenvalue weighted by Gasteiger charge is -2.26. The van der Waals surface area contributed by atoms with Gasteiger partial charge in [-0.1, -0.05) is 23.2 Å². The van der Waals surface area contributed by atoms with Gasteiger partial charge in [0.05, 0.1) is 23.9 Å². The Kier molecular flexibility index (Phi) is 6.25. The number of hydrogen-bond donors (Lipinski definition) is 1. The Morgan fingerprint density at radius 2 is 1.96 bits per heavy atom. The van der Waals surface area contributed by atoms with Crippen LogP contribution in [-0.2, 0) is 21.2 Å². The molecular formula is C16H18Cl2N2O3S2. The highest BCUT2D eigenvalue weighted by Crippen LogP contribution is 2.29. The molecule has 0 atom stereocenters. The van der Waals surface area contributed by atoms with Crippen LogP contribution in [0.3, 0.4) is 0 Å². The highest BCUT2D eigenvalue weighted by molar-refractivity contribution is 7.92. The van der Waals surface area contributed by atoms with Gasteiger partial charge in [0.2, 0.25) is 0 Å². The first-order valence-electron chi connectivity index (χ1n) is 7.80. The van der Waals surface area contributed by atoms with Crippen LogP contribution in [0.25, 0.3) is 0 Å². The van der Waals surface area contributed by atoms with Gasteiger partial charge in [0.25, 0.3) is 10.0 Å². The van der Waals surface area contributed by atoms with E-state index < -0.39 is 10.0 Å². The van der Waals surface area contributed by atoms with Gasteiger partial charge in [0.15, 0.2) is 0 Å². The van der Waals surface area contributed by atoms with Crippen LogP contribution in [0, 0.1) is 0 Å². The first kappa shape index (κ1) is 18.9. The standard InChI is InChI=1S/C16H18Cl2N2O3S2/c17-12-1-2-16(13(18)11-12)25(21,22)19-14-4-10-24-15(14)3-5-20-6-8-23-9-7-20/h1-2,4,10-11,19H,3,5-9H2. The van der Waals surface area contributed by atoms with E-state index in [1.54, 1.807) is 17.4 Å². The molecule has 0 radical (unpaired) electrons. The van der Waals surface area contributed by atoms with E-state index >= 15 is 0 Å². The van der Waals surface area contributed by atoms with Crippen molar-refractivity contribution in [3.8, 4) is 0 Å². The Bertz CT molecular complexity index is 834. The molecule has 0 aliphatic carbocycles. The van der Waals surface area contributed by atoms with Crippen molar-refractivity contribution in [2.45, 2.75) is 11.3 Å². The molecule has 9 heteroatoms. The number of thiophene rings is 1. The number of ether oxygens (including phenoxy) is 1. The minimum absolute atomic E-state index is 0.0175. The van der Waals surface area contributed by atoms with Crippen molar-refractivity contribution in [3.05, 3.63) is 44.6 Å². The van der Waals surface area contributed by atoms with Gasteiger partial charge in [-0.3, -0.25) is 9.62 Å². The first-order chi connectivity index (χ1) is 12.0. The van der Waals surface area contributed by atoms with E-state index in [1.165, 1.54) is 18.2 Å².